The van der Waals surface area contributed by atoms with Gasteiger partial charge in [0.1, 0.15) is 12.3 Å². The van der Waals surface area contributed by atoms with Crippen LogP contribution in [-0.4, -0.2) is 27.2 Å². The summed E-state index contributed by atoms with van der Waals surface area (Å²) in [7, 11) is 1.68. The van der Waals surface area contributed by atoms with Crippen molar-refractivity contribution >= 4 is 39.8 Å². The quantitative estimate of drug-likeness (QED) is 0.452. The maximum atomic E-state index is 12.3. The zero-order valence-corrected chi connectivity index (χ0v) is 17.4. The third kappa shape index (κ3) is 4.60. The summed E-state index contributed by atoms with van der Waals surface area (Å²) in [5, 5.41) is 2.26. The molecule has 150 valence electrons. The highest BCUT2D eigenvalue weighted by molar-refractivity contribution is 7.14. The second-order valence-electron chi connectivity index (χ2n) is 6.67. The summed E-state index contributed by atoms with van der Waals surface area (Å²) in [5.74, 6) is -0.824. The highest BCUT2D eigenvalue weighted by Crippen LogP contribution is 2.29. The lowest BCUT2D eigenvalue weighted by Crippen LogP contribution is -2.22. The van der Waals surface area contributed by atoms with Crippen LogP contribution in [0.1, 0.15) is 46.0 Å². The number of Topliss-reactive ketones (excluding diaryl/α,β-unsaturated/α-hetero) is 1. The smallest absolute Gasteiger partial charge is 0.355 e. The van der Waals surface area contributed by atoms with Crippen LogP contribution in [0.5, 0.6) is 0 Å². The van der Waals surface area contributed by atoms with Gasteiger partial charge < -0.3 is 9.30 Å². The van der Waals surface area contributed by atoms with Crippen LogP contribution >= 0.6 is 11.3 Å². The lowest BCUT2D eigenvalue weighted by molar-refractivity contribution is -0.115. The summed E-state index contributed by atoms with van der Waals surface area (Å²) in [5.41, 5.74) is 3.04. The van der Waals surface area contributed by atoms with E-state index in [1.807, 2.05) is 31.2 Å². The molecule has 29 heavy (non-hydrogen) atoms. The molecule has 0 radical (unpaired) electrons. The predicted molar refractivity (Wildman–Crippen MR) is 111 cm³/mol. The normalized spacial score (nSPS) is 10.6. The molecule has 0 unspecified atom stereocenters. The van der Waals surface area contributed by atoms with Gasteiger partial charge in [-0.2, -0.15) is 0 Å². The molecule has 2 heterocycles. The van der Waals surface area contributed by atoms with E-state index < -0.39 is 5.97 Å². The van der Waals surface area contributed by atoms with Crippen molar-refractivity contribution in [2.45, 2.75) is 27.4 Å². The molecule has 0 saturated heterocycles. The Morgan fingerprint density at radius 3 is 2.59 bits per heavy atom. The fourth-order valence-electron chi connectivity index (χ4n) is 2.83. The van der Waals surface area contributed by atoms with Gasteiger partial charge in [-0.1, -0.05) is 12.1 Å². The predicted octanol–water partition coefficient (Wildman–Crippen LogP) is 4.03. The first-order chi connectivity index (χ1) is 13.8. The number of amides is 1. The molecule has 1 aromatic carbocycles. The first kappa shape index (κ1) is 20.5. The number of aromatic nitrogens is 2. The number of carbonyl (C=O) groups excluding carboxylic acids is 3. The average molecular weight is 411 g/mol. The number of rotatable bonds is 6. The minimum atomic E-state index is -0.545. The van der Waals surface area contributed by atoms with Crippen LogP contribution in [0.2, 0.25) is 0 Å². The molecule has 0 saturated carbocycles. The molecule has 0 bridgehead atoms. The van der Waals surface area contributed by atoms with Gasteiger partial charge in [0.05, 0.1) is 11.4 Å². The van der Waals surface area contributed by atoms with Crippen molar-refractivity contribution in [2.24, 2.45) is 7.05 Å². The van der Waals surface area contributed by atoms with Crippen LogP contribution in [0, 0.1) is 6.92 Å². The van der Waals surface area contributed by atoms with Gasteiger partial charge in [0.25, 0.3) is 0 Å². The number of benzene rings is 1. The van der Waals surface area contributed by atoms with Gasteiger partial charge in [0.15, 0.2) is 10.9 Å². The van der Waals surface area contributed by atoms with E-state index in [0.717, 1.165) is 11.3 Å². The molecule has 0 atom stereocenters. The number of carbonyl (C=O) groups is 3. The van der Waals surface area contributed by atoms with Gasteiger partial charge in [-0.05, 0) is 37.6 Å². The van der Waals surface area contributed by atoms with Gasteiger partial charge in [-0.3, -0.25) is 14.5 Å². The number of hydrogen-bond acceptors (Lipinski definition) is 6. The van der Waals surface area contributed by atoms with E-state index in [2.05, 4.69) is 4.98 Å². The second kappa shape index (κ2) is 8.40. The molecule has 3 rings (SSSR count). The zero-order chi connectivity index (χ0) is 21.1. The summed E-state index contributed by atoms with van der Waals surface area (Å²) in [6.07, 6.45) is 1.59. The summed E-state index contributed by atoms with van der Waals surface area (Å²) >= 11 is 1.30. The molecular formula is C21H21N3O4S. The number of anilines is 2. The van der Waals surface area contributed by atoms with E-state index in [4.69, 9.17) is 4.74 Å². The third-order valence-electron chi connectivity index (χ3n) is 4.28. The molecule has 0 fully saturated rings. The van der Waals surface area contributed by atoms with Gasteiger partial charge >= 0.3 is 5.97 Å². The number of aryl methyl sites for hydroxylation is 2. The van der Waals surface area contributed by atoms with Crippen LogP contribution in [0.4, 0.5) is 10.8 Å². The van der Waals surface area contributed by atoms with Gasteiger partial charge in [0.2, 0.25) is 5.91 Å². The molecule has 2 aromatic heterocycles. The van der Waals surface area contributed by atoms with Gasteiger partial charge in [-0.15, -0.1) is 11.3 Å². The van der Waals surface area contributed by atoms with Crippen LogP contribution < -0.4 is 4.90 Å². The summed E-state index contributed by atoms with van der Waals surface area (Å²) < 4.78 is 6.89. The van der Waals surface area contributed by atoms with E-state index in [-0.39, 0.29) is 24.0 Å². The molecule has 3 aromatic rings. The minimum Gasteiger partial charge on any atom is -0.454 e. The number of esters is 1. The van der Waals surface area contributed by atoms with Crippen molar-refractivity contribution in [3.63, 3.8) is 0 Å². The van der Waals surface area contributed by atoms with E-state index in [1.165, 1.54) is 36.2 Å². The van der Waals surface area contributed by atoms with E-state index in [1.54, 1.807) is 23.2 Å². The molecular weight excluding hydrogens is 390 g/mol. The Morgan fingerprint density at radius 1 is 1.21 bits per heavy atom. The van der Waals surface area contributed by atoms with Gasteiger partial charge in [-0.25, -0.2) is 9.78 Å². The first-order valence-electron chi connectivity index (χ1n) is 8.92. The maximum Gasteiger partial charge on any atom is 0.355 e. The molecule has 0 aliphatic carbocycles. The fraction of sp³-hybridized carbons (Fsp3) is 0.238. The highest BCUT2D eigenvalue weighted by Gasteiger charge is 2.19. The fourth-order valence-corrected chi connectivity index (χ4v) is 3.70. The Kier molecular flexibility index (Phi) is 5.93. The molecule has 0 aliphatic rings. The Labute approximate surface area is 172 Å². The Bertz CT molecular complexity index is 1080. The van der Waals surface area contributed by atoms with Crippen molar-refractivity contribution in [1.29, 1.82) is 0 Å². The van der Waals surface area contributed by atoms with Crippen LogP contribution in [0.15, 0.2) is 41.9 Å². The topological polar surface area (TPSA) is 81.5 Å². The summed E-state index contributed by atoms with van der Waals surface area (Å²) in [4.78, 5) is 42.0. The Balaban J connectivity index is 1.73. The SMILES string of the molecule is CC(=O)c1cc(C(=O)OCc2csc(N(C(C)=O)c3cccc(C)c3)n2)n(C)c1. The average Bonchev–Trinajstić information content (AvgIpc) is 3.26. The van der Waals surface area contributed by atoms with Crippen LogP contribution in [0.3, 0.4) is 0 Å². The minimum absolute atomic E-state index is 0.0323. The molecule has 0 aliphatic heterocycles. The number of ketones is 1. The van der Waals surface area contributed by atoms with Crippen molar-refractivity contribution in [2.75, 3.05) is 4.90 Å². The maximum absolute atomic E-state index is 12.3. The molecule has 0 spiro atoms. The molecule has 1 amide bonds. The van der Waals surface area contributed by atoms with E-state index >= 15 is 0 Å². The lowest BCUT2D eigenvalue weighted by Gasteiger charge is -2.18. The van der Waals surface area contributed by atoms with Crippen molar-refractivity contribution in [1.82, 2.24) is 9.55 Å². The Hall–Kier alpha value is -3.26. The highest BCUT2D eigenvalue weighted by atomic mass is 32.1. The standard InChI is InChI=1S/C21H21N3O4S/c1-13-6-5-7-18(8-13)24(15(3)26)21-22-17(12-29-21)11-28-20(27)19-9-16(14(2)25)10-23(19)4/h5-10,12H,11H2,1-4H3. The van der Waals surface area contributed by atoms with Gasteiger partial charge in [0, 0.05) is 31.1 Å². The third-order valence-corrected chi connectivity index (χ3v) is 5.15. The monoisotopic (exact) mass is 411 g/mol. The summed E-state index contributed by atoms with van der Waals surface area (Å²) in [6.45, 7) is 4.84. The van der Waals surface area contributed by atoms with E-state index in [9.17, 15) is 14.4 Å². The first-order valence-corrected chi connectivity index (χ1v) is 9.80. The van der Waals surface area contributed by atoms with E-state index in [0.29, 0.717) is 16.4 Å². The molecule has 0 N–H and O–H groups in total. The van der Waals surface area contributed by atoms with Crippen LogP contribution in [0.25, 0.3) is 0 Å². The number of thiazole rings is 1. The zero-order valence-electron chi connectivity index (χ0n) is 16.6. The lowest BCUT2D eigenvalue weighted by atomic mass is 10.2. The number of nitrogens with zero attached hydrogens (tertiary/aromatic N) is 3. The summed E-state index contributed by atoms with van der Waals surface area (Å²) in [6, 6.07) is 9.09. The van der Waals surface area contributed by atoms with Crippen molar-refractivity contribution in [3.05, 3.63) is 64.4 Å². The molecule has 8 heteroatoms. The van der Waals surface area contributed by atoms with Crippen molar-refractivity contribution in [3.8, 4) is 0 Å². The van der Waals surface area contributed by atoms with Crippen molar-refractivity contribution < 1.29 is 19.1 Å². The number of ether oxygens (including phenoxy) is 1. The second-order valence-corrected chi connectivity index (χ2v) is 7.51. The molecule has 7 nitrogen and oxygen atoms in total. The number of hydrogen-bond donors (Lipinski definition) is 0. The largest absolute Gasteiger partial charge is 0.454 e. The van der Waals surface area contributed by atoms with Crippen LogP contribution in [-0.2, 0) is 23.2 Å². The Morgan fingerprint density at radius 2 is 1.97 bits per heavy atom.